The van der Waals surface area contributed by atoms with Crippen LogP contribution < -0.4 is 10.9 Å². The van der Waals surface area contributed by atoms with Crippen LogP contribution in [0.1, 0.15) is 51.0 Å². The molecule has 0 saturated heterocycles. The molecule has 1 saturated carbocycles. The zero-order valence-corrected chi connectivity index (χ0v) is 19.0. The van der Waals surface area contributed by atoms with E-state index in [1.165, 1.54) is 0 Å². The molecule has 10 heteroatoms. The number of aromatic nitrogens is 5. The summed E-state index contributed by atoms with van der Waals surface area (Å²) in [7, 11) is 1.76. The number of aryl methyl sites for hydroxylation is 2. The Morgan fingerprint density at radius 2 is 1.94 bits per heavy atom. The van der Waals surface area contributed by atoms with E-state index in [2.05, 4.69) is 36.9 Å². The smallest absolute Gasteiger partial charge is 0.286 e. The van der Waals surface area contributed by atoms with Crippen molar-refractivity contribution >= 4 is 38.8 Å². The van der Waals surface area contributed by atoms with Gasteiger partial charge in [-0.05, 0) is 60.0 Å². The standard InChI is InChI=1S/C22H20BrN7O2/c1-12-19-15(21(31)26-27-22(32)17-9-14(23)11-29(17)2)10-16(13-6-7-13)25-20(19)30(28-12)18-5-3-4-8-24-18/h3-5,8-11,13H,6-7H2,1-2H3,(H,26,31)(H,27,32). The van der Waals surface area contributed by atoms with Gasteiger partial charge in [0.05, 0.1) is 16.6 Å². The third kappa shape index (κ3) is 3.66. The van der Waals surface area contributed by atoms with Crippen molar-refractivity contribution in [3.8, 4) is 5.82 Å². The summed E-state index contributed by atoms with van der Waals surface area (Å²) in [5.74, 6) is 0.110. The number of hydrazine groups is 1. The van der Waals surface area contributed by atoms with Crippen LogP contribution in [0.2, 0.25) is 0 Å². The average Bonchev–Trinajstić information content (AvgIpc) is 3.51. The number of pyridine rings is 2. The lowest BCUT2D eigenvalue weighted by atomic mass is 10.1. The Morgan fingerprint density at radius 1 is 1.16 bits per heavy atom. The molecule has 1 aliphatic carbocycles. The van der Waals surface area contributed by atoms with Gasteiger partial charge < -0.3 is 4.57 Å². The Balaban J connectivity index is 1.51. The summed E-state index contributed by atoms with van der Waals surface area (Å²) in [6.07, 6.45) is 5.53. The Morgan fingerprint density at radius 3 is 2.59 bits per heavy atom. The van der Waals surface area contributed by atoms with Gasteiger partial charge in [0.15, 0.2) is 11.5 Å². The van der Waals surface area contributed by atoms with Gasteiger partial charge in [0, 0.05) is 35.5 Å². The second kappa shape index (κ2) is 7.86. The Hall–Kier alpha value is -3.53. The van der Waals surface area contributed by atoms with Crippen LogP contribution in [0.4, 0.5) is 0 Å². The normalized spacial score (nSPS) is 13.3. The first kappa shape index (κ1) is 20.4. The predicted octanol–water partition coefficient (Wildman–Crippen LogP) is 3.18. The number of carbonyl (C=O) groups excluding carboxylic acids is 2. The van der Waals surface area contributed by atoms with Crippen LogP contribution in [0.15, 0.2) is 47.2 Å². The maximum Gasteiger partial charge on any atom is 0.286 e. The van der Waals surface area contributed by atoms with Crippen LogP contribution in [-0.2, 0) is 7.05 Å². The van der Waals surface area contributed by atoms with Crippen molar-refractivity contribution in [2.45, 2.75) is 25.7 Å². The van der Waals surface area contributed by atoms with Gasteiger partial charge in [0.25, 0.3) is 11.8 Å². The largest absolute Gasteiger partial charge is 0.345 e. The highest BCUT2D eigenvalue weighted by Crippen LogP contribution is 2.40. The lowest BCUT2D eigenvalue weighted by Crippen LogP contribution is -2.42. The fourth-order valence-corrected chi connectivity index (χ4v) is 4.23. The number of carbonyl (C=O) groups is 2. The molecule has 1 aliphatic rings. The van der Waals surface area contributed by atoms with Crippen LogP contribution in [0, 0.1) is 6.92 Å². The number of fused-ring (bicyclic) bond motifs is 1. The summed E-state index contributed by atoms with van der Waals surface area (Å²) in [6, 6.07) is 9.03. The molecule has 2 amide bonds. The van der Waals surface area contributed by atoms with Crippen molar-refractivity contribution in [1.29, 1.82) is 0 Å². The van der Waals surface area contributed by atoms with Crippen molar-refractivity contribution in [1.82, 2.24) is 35.2 Å². The van der Waals surface area contributed by atoms with Gasteiger partial charge in [-0.1, -0.05) is 6.07 Å². The molecular formula is C22H20BrN7O2. The number of nitrogens with zero attached hydrogens (tertiary/aromatic N) is 5. The molecule has 4 aromatic heterocycles. The summed E-state index contributed by atoms with van der Waals surface area (Å²) in [5, 5.41) is 5.23. The number of nitrogens with one attached hydrogen (secondary N) is 2. The zero-order chi connectivity index (χ0) is 22.4. The Labute approximate surface area is 192 Å². The van der Waals surface area contributed by atoms with Gasteiger partial charge in [0.1, 0.15) is 5.69 Å². The summed E-state index contributed by atoms with van der Waals surface area (Å²) < 4.78 is 4.11. The molecule has 4 heterocycles. The van der Waals surface area contributed by atoms with Crippen molar-refractivity contribution in [2.24, 2.45) is 7.05 Å². The minimum atomic E-state index is -0.426. The molecule has 0 aromatic carbocycles. The third-order valence-corrected chi connectivity index (χ3v) is 5.87. The number of hydrogen-bond acceptors (Lipinski definition) is 5. The first-order chi connectivity index (χ1) is 15.4. The van der Waals surface area contributed by atoms with Gasteiger partial charge in [-0.15, -0.1) is 0 Å². The Kier molecular flexibility index (Phi) is 5.01. The van der Waals surface area contributed by atoms with E-state index >= 15 is 0 Å². The Bertz CT molecular complexity index is 1360. The van der Waals surface area contributed by atoms with E-state index in [9.17, 15) is 9.59 Å². The molecule has 162 valence electrons. The summed E-state index contributed by atoms with van der Waals surface area (Å²) in [5.41, 5.74) is 7.95. The van der Waals surface area contributed by atoms with Crippen molar-refractivity contribution in [3.63, 3.8) is 0 Å². The van der Waals surface area contributed by atoms with Crippen molar-refractivity contribution in [3.05, 3.63) is 69.8 Å². The molecule has 9 nitrogen and oxygen atoms in total. The van der Waals surface area contributed by atoms with E-state index < -0.39 is 11.8 Å². The number of rotatable bonds is 4. The molecule has 2 N–H and O–H groups in total. The van der Waals surface area contributed by atoms with Crippen LogP contribution in [0.3, 0.4) is 0 Å². The van der Waals surface area contributed by atoms with Crippen LogP contribution in [-0.4, -0.2) is 36.1 Å². The fourth-order valence-electron chi connectivity index (χ4n) is 3.71. The van der Waals surface area contributed by atoms with Gasteiger partial charge >= 0.3 is 0 Å². The van der Waals surface area contributed by atoms with E-state index in [-0.39, 0.29) is 0 Å². The van der Waals surface area contributed by atoms with Gasteiger partial charge in [0.2, 0.25) is 0 Å². The second-order valence-electron chi connectivity index (χ2n) is 7.82. The summed E-state index contributed by atoms with van der Waals surface area (Å²) >= 11 is 3.34. The van der Waals surface area contributed by atoms with E-state index in [0.717, 1.165) is 23.0 Å². The molecule has 0 atom stereocenters. The molecule has 32 heavy (non-hydrogen) atoms. The van der Waals surface area contributed by atoms with Crippen LogP contribution in [0.5, 0.6) is 0 Å². The minimum absolute atomic E-state index is 0.327. The molecule has 4 aromatic rings. The summed E-state index contributed by atoms with van der Waals surface area (Å²) in [4.78, 5) is 34.9. The number of hydrogen-bond donors (Lipinski definition) is 2. The minimum Gasteiger partial charge on any atom is -0.345 e. The topological polar surface area (TPSA) is 107 Å². The van der Waals surface area contributed by atoms with Gasteiger partial charge in [-0.2, -0.15) is 9.78 Å². The van der Waals surface area contributed by atoms with Crippen LogP contribution >= 0.6 is 15.9 Å². The maximum atomic E-state index is 13.2. The summed E-state index contributed by atoms with van der Waals surface area (Å²) in [6.45, 7) is 1.83. The molecule has 0 radical (unpaired) electrons. The molecular weight excluding hydrogens is 474 g/mol. The van der Waals surface area contributed by atoms with E-state index in [1.54, 1.807) is 40.8 Å². The predicted molar refractivity (Wildman–Crippen MR) is 121 cm³/mol. The first-order valence-corrected chi connectivity index (χ1v) is 11.0. The lowest BCUT2D eigenvalue weighted by molar-refractivity contribution is 0.0843. The quantitative estimate of drug-likeness (QED) is 0.424. The van der Waals surface area contributed by atoms with E-state index in [1.807, 2.05) is 25.1 Å². The van der Waals surface area contributed by atoms with E-state index in [4.69, 9.17) is 4.98 Å². The number of halogens is 1. The lowest BCUT2D eigenvalue weighted by Gasteiger charge is -2.10. The highest BCUT2D eigenvalue weighted by Gasteiger charge is 2.29. The monoisotopic (exact) mass is 493 g/mol. The maximum absolute atomic E-state index is 13.2. The van der Waals surface area contributed by atoms with Gasteiger partial charge in [-0.25, -0.2) is 9.97 Å². The molecule has 5 rings (SSSR count). The molecule has 0 spiro atoms. The molecule has 0 aliphatic heterocycles. The van der Waals surface area contributed by atoms with Crippen molar-refractivity contribution in [2.75, 3.05) is 0 Å². The molecule has 0 bridgehead atoms. The SMILES string of the molecule is Cc1nn(-c2ccccn2)c2nc(C3CC3)cc(C(=O)NNC(=O)c3cc(Br)cn3C)c12. The molecule has 0 unspecified atom stereocenters. The molecule has 1 fully saturated rings. The van der Waals surface area contributed by atoms with Gasteiger partial charge in [-0.3, -0.25) is 20.4 Å². The third-order valence-electron chi connectivity index (χ3n) is 5.43. The highest BCUT2D eigenvalue weighted by atomic mass is 79.9. The fraction of sp³-hybridized carbons (Fsp3) is 0.227. The zero-order valence-electron chi connectivity index (χ0n) is 17.5. The van der Waals surface area contributed by atoms with Crippen LogP contribution in [0.25, 0.3) is 16.9 Å². The van der Waals surface area contributed by atoms with Crippen molar-refractivity contribution < 1.29 is 9.59 Å². The highest BCUT2D eigenvalue weighted by molar-refractivity contribution is 9.10. The van der Waals surface area contributed by atoms with E-state index in [0.29, 0.717) is 39.7 Å². The average molecular weight is 494 g/mol. The second-order valence-corrected chi connectivity index (χ2v) is 8.73. The first-order valence-electron chi connectivity index (χ1n) is 10.2. The number of amides is 2.